The van der Waals surface area contributed by atoms with Crippen LogP contribution in [0.1, 0.15) is 38.4 Å². The summed E-state index contributed by atoms with van der Waals surface area (Å²) in [5, 5.41) is 7.80. The van der Waals surface area contributed by atoms with Gasteiger partial charge >= 0.3 is 0 Å². The quantitative estimate of drug-likeness (QED) is 0.872. The molecule has 1 amide bonds. The smallest absolute Gasteiger partial charge is 0.244 e. The van der Waals surface area contributed by atoms with Crippen molar-refractivity contribution in [3.8, 4) is 0 Å². The van der Waals surface area contributed by atoms with Gasteiger partial charge in [-0.05, 0) is 48.3 Å². The Kier molecular flexibility index (Phi) is 3.84. The van der Waals surface area contributed by atoms with Crippen molar-refractivity contribution in [2.24, 2.45) is 0 Å². The highest BCUT2D eigenvalue weighted by Gasteiger charge is 2.59. The fourth-order valence-corrected chi connectivity index (χ4v) is 3.67. The van der Waals surface area contributed by atoms with Gasteiger partial charge in [0.2, 0.25) is 5.91 Å². The molecule has 1 aliphatic heterocycles. The minimum Gasteiger partial charge on any atom is -0.320 e. The van der Waals surface area contributed by atoms with Crippen molar-refractivity contribution in [3.63, 3.8) is 0 Å². The lowest BCUT2D eigenvalue weighted by molar-refractivity contribution is -0.131. The standard InChI is InChI=1S/C15H23N3OS/c1-3-17(4-2)8-9-18-13(12-5-10-20-11-12)16-15(6-7-15)14(18)19/h5,10-11,13,16H,3-4,6-9H2,1-2H3. The molecule has 2 fully saturated rings. The highest BCUT2D eigenvalue weighted by molar-refractivity contribution is 7.07. The summed E-state index contributed by atoms with van der Waals surface area (Å²) in [5.41, 5.74) is 1.00. The Bertz CT molecular complexity index is 465. The van der Waals surface area contributed by atoms with Crippen LogP contribution in [-0.4, -0.2) is 47.4 Å². The van der Waals surface area contributed by atoms with E-state index < -0.39 is 0 Å². The summed E-state index contributed by atoms with van der Waals surface area (Å²) in [6.45, 7) is 8.20. The first-order valence-electron chi connectivity index (χ1n) is 7.53. The molecular formula is C15H23N3OS. The molecule has 110 valence electrons. The van der Waals surface area contributed by atoms with Gasteiger partial charge in [-0.3, -0.25) is 10.1 Å². The Hall–Kier alpha value is -0.910. The van der Waals surface area contributed by atoms with E-state index in [4.69, 9.17) is 0 Å². The number of thiophene rings is 1. The van der Waals surface area contributed by atoms with Gasteiger partial charge < -0.3 is 9.80 Å². The molecule has 0 aromatic carbocycles. The molecule has 4 nitrogen and oxygen atoms in total. The van der Waals surface area contributed by atoms with Gasteiger partial charge in [0.15, 0.2) is 0 Å². The summed E-state index contributed by atoms with van der Waals surface area (Å²) in [6, 6.07) is 2.13. The number of nitrogens with one attached hydrogen (secondary N) is 1. The molecule has 2 aliphatic rings. The molecule has 1 saturated heterocycles. The molecule has 1 atom stereocenters. The Morgan fingerprint density at radius 2 is 2.20 bits per heavy atom. The van der Waals surface area contributed by atoms with E-state index in [0.717, 1.165) is 39.0 Å². The van der Waals surface area contributed by atoms with Gasteiger partial charge in [0.05, 0.1) is 0 Å². The molecule has 1 spiro atoms. The van der Waals surface area contributed by atoms with Crippen LogP contribution >= 0.6 is 11.3 Å². The third-order valence-corrected chi connectivity index (χ3v) is 5.26. The zero-order valence-corrected chi connectivity index (χ0v) is 13.1. The van der Waals surface area contributed by atoms with E-state index in [1.807, 2.05) is 4.90 Å². The van der Waals surface area contributed by atoms with Crippen LogP contribution in [-0.2, 0) is 4.79 Å². The van der Waals surface area contributed by atoms with Crippen LogP contribution in [0.25, 0.3) is 0 Å². The van der Waals surface area contributed by atoms with Crippen molar-refractivity contribution in [3.05, 3.63) is 22.4 Å². The van der Waals surface area contributed by atoms with Crippen LogP contribution in [0.15, 0.2) is 16.8 Å². The minimum absolute atomic E-state index is 0.0758. The molecule has 2 heterocycles. The first kappa shape index (κ1) is 14.0. The van der Waals surface area contributed by atoms with E-state index in [-0.39, 0.29) is 11.7 Å². The molecule has 0 radical (unpaired) electrons. The van der Waals surface area contributed by atoms with E-state index in [0.29, 0.717) is 5.91 Å². The van der Waals surface area contributed by atoms with Crippen molar-refractivity contribution < 1.29 is 4.79 Å². The third kappa shape index (κ3) is 2.38. The first-order valence-corrected chi connectivity index (χ1v) is 8.47. The topological polar surface area (TPSA) is 35.6 Å². The van der Waals surface area contributed by atoms with Gasteiger partial charge in [-0.15, -0.1) is 0 Å². The van der Waals surface area contributed by atoms with Crippen LogP contribution in [0.4, 0.5) is 0 Å². The molecule has 1 aromatic rings. The molecule has 1 saturated carbocycles. The maximum absolute atomic E-state index is 12.6. The maximum Gasteiger partial charge on any atom is 0.244 e. The molecule has 1 aliphatic carbocycles. The number of carbonyl (C=O) groups is 1. The fourth-order valence-electron chi connectivity index (χ4n) is 2.99. The summed E-state index contributed by atoms with van der Waals surface area (Å²) in [6.07, 6.45) is 2.06. The fraction of sp³-hybridized carbons (Fsp3) is 0.667. The van der Waals surface area contributed by atoms with Crippen molar-refractivity contribution in [2.75, 3.05) is 26.2 Å². The number of likely N-dealkylation sites (N-methyl/N-ethyl adjacent to an activating group) is 1. The Morgan fingerprint density at radius 1 is 1.45 bits per heavy atom. The highest BCUT2D eigenvalue weighted by Crippen LogP contribution is 2.46. The molecule has 1 unspecified atom stereocenters. The lowest BCUT2D eigenvalue weighted by Gasteiger charge is -2.27. The van der Waals surface area contributed by atoms with Crippen LogP contribution in [0.3, 0.4) is 0 Å². The first-order chi connectivity index (χ1) is 9.70. The average molecular weight is 293 g/mol. The summed E-state index contributed by atoms with van der Waals surface area (Å²) in [4.78, 5) is 17.1. The van der Waals surface area contributed by atoms with E-state index in [1.165, 1.54) is 5.56 Å². The molecule has 20 heavy (non-hydrogen) atoms. The number of rotatable bonds is 6. The lowest BCUT2D eigenvalue weighted by atomic mass is 10.2. The molecule has 5 heteroatoms. The Morgan fingerprint density at radius 3 is 2.75 bits per heavy atom. The van der Waals surface area contributed by atoms with Gasteiger partial charge in [0.1, 0.15) is 11.7 Å². The average Bonchev–Trinajstić information content (AvgIpc) is 2.94. The molecule has 0 bridgehead atoms. The van der Waals surface area contributed by atoms with E-state index >= 15 is 0 Å². The zero-order chi connectivity index (χ0) is 14.2. The van der Waals surface area contributed by atoms with Gasteiger partial charge in [0.25, 0.3) is 0 Å². The minimum atomic E-state index is -0.226. The normalized spacial score (nSPS) is 24.1. The lowest BCUT2D eigenvalue weighted by Crippen LogP contribution is -2.38. The van der Waals surface area contributed by atoms with Gasteiger partial charge in [0, 0.05) is 13.1 Å². The van der Waals surface area contributed by atoms with Gasteiger partial charge in [-0.2, -0.15) is 11.3 Å². The van der Waals surface area contributed by atoms with Crippen LogP contribution in [0.5, 0.6) is 0 Å². The number of carbonyl (C=O) groups excluding carboxylic acids is 1. The third-order valence-electron chi connectivity index (χ3n) is 4.56. The Labute approximate surface area is 124 Å². The monoisotopic (exact) mass is 293 g/mol. The molecular weight excluding hydrogens is 270 g/mol. The number of nitrogens with zero attached hydrogens (tertiary/aromatic N) is 2. The van der Waals surface area contributed by atoms with Crippen LogP contribution in [0, 0.1) is 0 Å². The van der Waals surface area contributed by atoms with Gasteiger partial charge in [-0.1, -0.05) is 13.8 Å². The summed E-state index contributed by atoms with van der Waals surface area (Å²) >= 11 is 1.70. The van der Waals surface area contributed by atoms with Crippen molar-refractivity contribution in [1.29, 1.82) is 0 Å². The van der Waals surface area contributed by atoms with Crippen molar-refractivity contribution >= 4 is 17.2 Å². The van der Waals surface area contributed by atoms with Crippen molar-refractivity contribution in [1.82, 2.24) is 15.1 Å². The van der Waals surface area contributed by atoms with Crippen LogP contribution in [0.2, 0.25) is 0 Å². The predicted octanol–water partition coefficient (Wildman–Crippen LogP) is 2.05. The highest BCUT2D eigenvalue weighted by atomic mass is 32.1. The molecule has 1 aromatic heterocycles. The number of amides is 1. The Balaban J connectivity index is 1.73. The largest absolute Gasteiger partial charge is 0.320 e. The van der Waals surface area contributed by atoms with Crippen LogP contribution < -0.4 is 5.32 Å². The van der Waals surface area contributed by atoms with Gasteiger partial charge in [-0.25, -0.2) is 0 Å². The molecule has 1 N–H and O–H groups in total. The second-order valence-corrected chi connectivity index (χ2v) is 6.49. The van der Waals surface area contributed by atoms with E-state index in [1.54, 1.807) is 11.3 Å². The predicted molar refractivity (Wildman–Crippen MR) is 81.7 cm³/mol. The maximum atomic E-state index is 12.6. The second kappa shape index (κ2) is 5.47. The summed E-state index contributed by atoms with van der Waals surface area (Å²) < 4.78 is 0. The second-order valence-electron chi connectivity index (χ2n) is 5.71. The van der Waals surface area contributed by atoms with E-state index in [9.17, 15) is 4.79 Å². The molecule has 3 rings (SSSR count). The summed E-state index contributed by atoms with van der Waals surface area (Å²) in [7, 11) is 0. The SMILES string of the molecule is CCN(CC)CCN1C(=O)C2(CC2)NC1c1ccsc1. The number of hydrogen-bond donors (Lipinski definition) is 1. The van der Waals surface area contributed by atoms with E-state index in [2.05, 4.69) is 40.9 Å². The summed E-state index contributed by atoms with van der Waals surface area (Å²) in [5.74, 6) is 0.306. The van der Waals surface area contributed by atoms with Crippen molar-refractivity contribution in [2.45, 2.75) is 38.4 Å². The number of hydrogen-bond acceptors (Lipinski definition) is 4. The zero-order valence-electron chi connectivity index (χ0n) is 12.3.